The van der Waals surface area contributed by atoms with Gasteiger partial charge >= 0.3 is 6.03 Å². The molecule has 0 bridgehead atoms. The Morgan fingerprint density at radius 2 is 1.70 bits per heavy atom. The molecule has 27 heavy (non-hydrogen) atoms. The number of nitrogens with zero attached hydrogens (tertiary/aromatic N) is 3. The average Bonchev–Trinajstić information content (AvgIpc) is 3.15. The molecule has 2 aromatic carbocycles. The highest BCUT2D eigenvalue weighted by molar-refractivity contribution is 5.98. The predicted molar refractivity (Wildman–Crippen MR) is 105 cm³/mol. The van der Waals surface area contributed by atoms with E-state index in [1.54, 1.807) is 4.90 Å². The van der Waals surface area contributed by atoms with E-state index in [1.165, 1.54) is 5.56 Å². The van der Waals surface area contributed by atoms with E-state index < -0.39 is 0 Å². The van der Waals surface area contributed by atoms with Crippen LogP contribution in [0.15, 0.2) is 54.6 Å². The maximum Gasteiger partial charge on any atom is 0.321 e. The van der Waals surface area contributed by atoms with Crippen LogP contribution < -0.4 is 10.2 Å². The summed E-state index contributed by atoms with van der Waals surface area (Å²) in [6.45, 7) is 5.38. The highest BCUT2D eigenvalue weighted by Gasteiger charge is 2.25. The Kier molecular flexibility index (Phi) is 5.07. The van der Waals surface area contributed by atoms with Crippen LogP contribution in [0.25, 0.3) is 0 Å². The molecule has 6 heteroatoms. The van der Waals surface area contributed by atoms with Crippen molar-refractivity contribution < 1.29 is 9.59 Å². The Morgan fingerprint density at radius 3 is 2.41 bits per heavy atom. The van der Waals surface area contributed by atoms with Crippen molar-refractivity contribution in [2.75, 3.05) is 44.2 Å². The van der Waals surface area contributed by atoms with Gasteiger partial charge in [-0.15, -0.1) is 0 Å². The number of hydrogen-bond donors (Lipinski definition) is 1. The van der Waals surface area contributed by atoms with E-state index >= 15 is 0 Å². The molecule has 0 unspecified atom stereocenters. The summed E-state index contributed by atoms with van der Waals surface area (Å²) in [6, 6.07) is 17.7. The van der Waals surface area contributed by atoms with Crippen molar-refractivity contribution in [1.29, 1.82) is 0 Å². The second-order valence-corrected chi connectivity index (χ2v) is 6.99. The number of nitrogens with one attached hydrogen (secondary N) is 1. The van der Waals surface area contributed by atoms with Gasteiger partial charge in [0.15, 0.2) is 0 Å². The zero-order chi connectivity index (χ0) is 18.6. The Balaban J connectivity index is 1.37. The number of carbonyl (C=O) groups excluding carboxylic acids is 2. The molecule has 2 aromatic rings. The van der Waals surface area contributed by atoms with Crippen LogP contribution in [-0.2, 0) is 6.54 Å². The molecule has 1 N–H and O–H groups in total. The fourth-order valence-electron chi connectivity index (χ4n) is 3.66. The molecule has 2 heterocycles. The summed E-state index contributed by atoms with van der Waals surface area (Å²) < 4.78 is 0. The van der Waals surface area contributed by atoms with Gasteiger partial charge in [-0.2, -0.15) is 0 Å². The first-order valence-electron chi connectivity index (χ1n) is 9.42. The van der Waals surface area contributed by atoms with Gasteiger partial charge in [0.1, 0.15) is 0 Å². The maximum absolute atomic E-state index is 12.9. The largest absolute Gasteiger partial charge is 0.336 e. The molecule has 2 fully saturated rings. The summed E-state index contributed by atoms with van der Waals surface area (Å²) in [7, 11) is 0. The number of benzene rings is 2. The third kappa shape index (κ3) is 3.95. The molecule has 6 nitrogen and oxygen atoms in total. The van der Waals surface area contributed by atoms with Gasteiger partial charge in [0.05, 0.1) is 0 Å². The predicted octanol–water partition coefficient (Wildman–Crippen LogP) is 2.17. The zero-order valence-electron chi connectivity index (χ0n) is 15.3. The van der Waals surface area contributed by atoms with E-state index in [4.69, 9.17) is 0 Å². The van der Waals surface area contributed by atoms with E-state index in [-0.39, 0.29) is 11.9 Å². The minimum absolute atomic E-state index is 0.0378. The van der Waals surface area contributed by atoms with Crippen molar-refractivity contribution in [1.82, 2.24) is 15.1 Å². The highest BCUT2D eigenvalue weighted by atomic mass is 16.2. The molecule has 2 aliphatic heterocycles. The summed E-state index contributed by atoms with van der Waals surface area (Å²) in [5, 5.41) is 2.79. The molecule has 0 atom stereocenters. The van der Waals surface area contributed by atoms with Gasteiger partial charge in [0, 0.05) is 57.1 Å². The maximum atomic E-state index is 12.9. The second kappa shape index (κ2) is 7.80. The van der Waals surface area contributed by atoms with Gasteiger partial charge in [-0.25, -0.2) is 4.79 Å². The van der Waals surface area contributed by atoms with Crippen molar-refractivity contribution >= 4 is 17.6 Å². The number of rotatable bonds is 4. The summed E-state index contributed by atoms with van der Waals surface area (Å²) in [4.78, 5) is 30.7. The van der Waals surface area contributed by atoms with Crippen LogP contribution in [0.1, 0.15) is 15.9 Å². The molecule has 0 radical (unpaired) electrons. The number of piperazine rings is 1. The average molecular weight is 364 g/mol. The summed E-state index contributed by atoms with van der Waals surface area (Å²) in [5.41, 5.74) is 2.72. The topological polar surface area (TPSA) is 55.9 Å². The molecule has 2 aliphatic rings. The van der Waals surface area contributed by atoms with Crippen molar-refractivity contribution in [3.8, 4) is 0 Å². The molecular weight excluding hydrogens is 340 g/mol. The summed E-state index contributed by atoms with van der Waals surface area (Å²) >= 11 is 0. The molecular formula is C21H24N4O2. The zero-order valence-corrected chi connectivity index (χ0v) is 15.3. The monoisotopic (exact) mass is 364 g/mol. The second-order valence-electron chi connectivity index (χ2n) is 6.99. The van der Waals surface area contributed by atoms with Crippen LogP contribution in [0, 0.1) is 0 Å². The lowest BCUT2D eigenvalue weighted by molar-refractivity contribution is 0.0628. The third-order valence-corrected chi connectivity index (χ3v) is 5.17. The molecule has 0 aliphatic carbocycles. The van der Waals surface area contributed by atoms with E-state index in [2.05, 4.69) is 34.5 Å². The lowest BCUT2D eigenvalue weighted by Gasteiger charge is -2.35. The smallest absolute Gasteiger partial charge is 0.321 e. The van der Waals surface area contributed by atoms with E-state index in [1.807, 2.05) is 35.2 Å². The Hall–Kier alpha value is -2.86. The number of urea groups is 1. The van der Waals surface area contributed by atoms with Crippen LogP contribution in [0.2, 0.25) is 0 Å². The standard InChI is InChI=1S/C21H24N4O2/c26-20(18-7-4-8-19(15-18)25-10-9-22-21(25)27)24-13-11-23(12-14-24)16-17-5-2-1-3-6-17/h1-8,15H,9-14,16H2,(H,22,27). The number of hydrogen-bond acceptors (Lipinski definition) is 3. The third-order valence-electron chi connectivity index (χ3n) is 5.17. The van der Waals surface area contributed by atoms with E-state index in [9.17, 15) is 9.59 Å². The van der Waals surface area contributed by atoms with Crippen LogP contribution >= 0.6 is 0 Å². The van der Waals surface area contributed by atoms with Gasteiger partial charge < -0.3 is 10.2 Å². The van der Waals surface area contributed by atoms with E-state index in [0.717, 1.165) is 38.4 Å². The molecule has 2 saturated heterocycles. The SMILES string of the molecule is O=C(c1cccc(N2CCNC2=O)c1)N1CCN(Cc2ccccc2)CC1. The fourth-order valence-corrected chi connectivity index (χ4v) is 3.66. The Morgan fingerprint density at radius 1 is 0.926 bits per heavy atom. The summed E-state index contributed by atoms with van der Waals surface area (Å²) in [5.74, 6) is 0.0378. The highest BCUT2D eigenvalue weighted by Crippen LogP contribution is 2.20. The number of carbonyl (C=O) groups is 2. The van der Waals surface area contributed by atoms with Gasteiger partial charge in [-0.3, -0.25) is 14.6 Å². The van der Waals surface area contributed by atoms with Gasteiger partial charge in [-0.1, -0.05) is 36.4 Å². The molecule has 3 amide bonds. The van der Waals surface area contributed by atoms with Crippen molar-refractivity contribution in [3.05, 3.63) is 65.7 Å². The number of amides is 3. The van der Waals surface area contributed by atoms with Crippen molar-refractivity contribution in [2.24, 2.45) is 0 Å². The molecule has 4 rings (SSSR count). The van der Waals surface area contributed by atoms with Crippen LogP contribution in [0.3, 0.4) is 0 Å². The van der Waals surface area contributed by atoms with Crippen molar-refractivity contribution in [3.63, 3.8) is 0 Å². The summed E-state index contributed by atoms with van der Waals surface area (Å²) in [6.07, 6.45) is 0. The van der Waals surface area contributed by atoms with Gasteiger partial charge in [0.25, 0.3) is 5.91 Å². The van der Waals surface area contributed by atoms with Gasteiger partial charge in [-0.05, 0) is 23.8 Å². The van der Waals surface area contributed by atoms with E-state index in [0.29, 0.717) is 18.7 Å². The minimum atomic E-state index is -0.103. The molecule has 140 valence electrons. The lowest BCUT2D eigenvalue weighted by atomic mass is 10.1. The Bertz CT molecular complexity index is 816. The van der Waals surface area contributed by atoms with Crippen LogP contribution in [-0.4, -0.2) is 61.0 Å². The quantitative estimate of drug-likeness (QED) is 0.905. The number of anilines is 1. The Labute approximate surface area is 159 Å². The first-order valence-corrected chi connectivity index (χ1v) is 9.42. The molecule has 0 spiro atoms. The van der Waals surface area contributed by atoms with Gasteiger partial charge in [0.2, 0.25) is 0 Å². The fraction of sp³-hybridized carbons (Fsp3) is 0.333. The lowest BCUT2D eigenvalue weighted by Crippen LogP contribution is -2.48. The minimum Gasteiger partial charge on any atom is -0.336 e. The van der Waals surface area contributed by atoms with Crippen LogP contribution in [0.4, 0.5) is 10.5 Å². The van der Waals surface area contributed by atoms with Crippen molar-refractivity contribution in [2.45, 2.75) is 6.54 Å². The molecule has 0 saturated carbocycles. The van der Waals surface area contributed by atoms with Crippen LogP contribution in [0.5, 0.6) is 0 Å². The first-order chi connectivity index (χ1) is 13.2. The molecule has 0 aromatic heterocycles. The normalized spacial score (nSPS) is 17.9. The first kappa shape index (κ1) is 17.5.